The molecule has 0 amide bonds. The summed E-state index contributed by atoms with van der Waals surface area (Å²) in [5.74, 6) is 0.391. The van der Waals surface area contributed by atoms with Crippen LogP contribution in [0.5, 0.6) is 0 Å². The average Bonchev–Trinajstić information content (AvgIpc) is 2.81. The Morgan fingerprint density at radius 3 is 2.77 bits per heavy atom. The van der Waals surface area contributed by atoms with E-state index in [9.17, 15) is 0 Å². The highest BCUT2D eigenvalue weighted by Crippen LogP contribution is 2.33. The van der Waals surface area contributed by atoms with Crippen molar-refractivity contribution in [2.45, 2.75) is 27.2 Å². The lowest BCUT2D eigenvalue weighted by Gasteiger charge is -2.26. The number of fused-ring (bicyclic) bond motifs is 1. The summed E-state index contributed by atoms with van der Waals surface area (Å²) in [6.45, 7) is 12.3. The Balaban J connectivity index is 2.15. The third kappa shape index (κ3) is 3.47. The molecule has 120 valence electrons. The normalized spacial score (nSPS) is 12.6. The fourth-order valence-corrected chi connectivity index (χ4v) is 3.96. The largest absolute Gasteiger partial charge is 0.383 e. The molecule has 2 aromatic heterocycles. The second-order valence-corrected chi connectivity index (χ2v) is 6.88. The second-order valence-electron chi connectivity index (χ2n) is 5.80. The summed E-state index contributed by atoms with van der Waals surface area (Å²) >= 11 is 1.78. The molecule has 0 aliphatic rings. The minimum Gasteiger partial charge on any atom is -0.383 e. The van der Waals surface area contributed by atoms with Crippen molar-refractivity contribution < 1.29 is 4.74 Å². The van der Waals surface area contributed by atoms with Crippen LogP contribution in [0.25, 0.3) is 10.2 Å². The molecule has 0 radical (unpaired) electrons. The standard InChI is InChI=1S/C17H25N3OS/c1-11(14(4)20(5)7-8-21-6)9-15-12(2)16-13(3)18-10-19-17(16)22-15/h10-11H,4,7-9H2,1-3,5-6H3. The summed E-state index contributed by atoms with van der Waals surface area (Å²) in [5, 5.41) is 1.22. The Hall–Kier alpha value is -1.46. The van der Waals surface area contributed by atoms with E-state index in [1.54, 1.807) is 24.8 Å². The molecule has 0 spiro atoms. The molecule has 22 heavy (non-hydrogen) atoms. The lowest BCUT2D eigenvalue weighted by molar-refractivity contribution is 0.169. The molecule has 0 bridgehead atoms. The lowest BCUT2D eigenvalue weighted by atomic mass is 10.00. The first-order valence-electron chi connectivity index (χ1n) is 7.54. The SMILES string of the molecule is C=C(C(C)Cc1sc2ncnc(C)c2c1C)N(C)CCOC. The van der Waals surface area contributed by atoms with Crippen LogP contribution in [0.1, 0.15) is 23.1 Å². The smallest absolute Gasteiger partial charge is 0.127 e. The number of rotatable bonds is 7. The number of aryl methyl sites for hydroxylation is 2. The van der Waals surface area contributed by atoms with Crippen LogP contribution >= 0.6 is 11.3 Å². The third-order valence-electron chi connectivity index (χ3n) is 4.20. The summed E-state index contributed by atoms with van der Waals surface area (Å²) in [6.07, 6.45) is 2.64. The predicted octanol–water partition coefficient (Wildman–Crippen LogP) is 3.58. The highest BCUT2D eigenvalue weighted by Gasteiger charge is 2.17. The average molecular weight is 319 g/mol. The molecule has 0 N–H and O–H groups in total. The molecule has 0 saturated heterocycles. The van der Waals surface area contributed by atoms with E-state index >= 15 is 0 Å². The highest BCUT2D eigenvalue weighted by atomic mass is 32.1. The fraction of sp³-hybridized carbons (Fsp3) is 0.529. The zero-order chi connectivity index (χ0) is 16.3. The number of ether oxygens (including phenoxy) is 1. The number of allylic oxidation sites excluding steroid dienone is 1. The van der Waals surface area contributed by atoms with Crippen LogP contribution in [0.2, 0.25) is 0 Å². The van der Waals surface area contributed by atoms with Gasteiger partial charge in [-0.3, -0.25) is 0 Å². The van der Waals surface area contributed by atoms with Gasteiger partial charge >= 0.3 is 0 Å². The number of nitrogens with zero attached hydrogens (tertiary/aromatic N) is 3. The van der Waals surface area contributed by atoms with Gasteiger partial charge in [-0.15, -0.1) is 11.3 Å². The minimum atomic E-state index is 0.391. The molecule has 0 fully saturated rings. The van der Waals surface area contributed by atoms with Crippen molar-refractivity contribution in [3.05, 3.63) is 34.7 Å². The molecule has 0 saturated carbocycles. The summed E-state index contributed by atoms with van der Waals surface area (Å²) < 4.78 is 5.14. The first-order valence-corrected chi connectivity index (χ1v) is 8.35. The van der Waals surface area contributed by atoms with Gasteiger partial charge in [-0.1, -0.05) is 13.5 Å². The highest BCUT2D eigenvalue weighted by molar-refractivity contribution is 7.18. The Morgan fingerprint density at radius 2 is 2.14 bits per heavy atom. The van der Waals surface area contributed by atoms with Crippen molar-refractivity contribution in [2.24, 2.45) is 5.92 Å². The molecule has 1 atom stereocenters. The maximum Gasteiger partial charge on any atom is 0.127 e. The first kappa shape index (κ1) is 16.9. The summed E-state index contributed by atoms with van der Waals surface area (Å²) in [7, 11) is 3.80. The van der Waals surface area contributed by atoms with Crippen LogP contribution in [0.15, 0.2) is 18.6 Å². The molecule has 2 aromatic rings. The predicted molar refractivity (Wildman–Crippen MR) is 93.4 cm³/mol. The quantitative estimate of drug-likeness (QED) is 0.782. The number of thiophene rings is 1. The van der Waals surface area contributed by atoms with Gasteiger partial charge in [0.15, 0.2) is 0 Å². The van der Waals surface area contributed by atoms with Gasteiger partial charge in [0.25, 0.3) is 0 Å². The van der Waals surface area contributed by atoms with E-state index in [-0.39, 0.29) is 0 Å². The number of methoxy groups -OCH3 is 1. The maximum atomic E-state index is 5.14. The Bertz CT molecular complexity index is 665. The van der Waals surface area contributed by atoms with E-state index in [1.807, 2.05) is 6.92 Å². The van der Waals surface area contributed by atoms with Crippen molar-refractivity contribution in [1.29, 1.82) is 0 Å². The number of aromatic nitrogens is 2. The van der Waals surface area contributed by atoms with E-state index in [0.29, 0.717) is 5.92 Å². The summed E-state index contributed by atoms with van der Waals surface area (Å²) in [4.78, 5) is 13.4. The first-order chi connectivity index (χ1) is 10.5. The van der Waals surface area contributed by atoms with Gasteiger partial charge in [0.2, 0.25) is 0 Å². The number of likely N-dealkylation sites (N-methyl/N-ethyl adjacent to an activating group) is 1. The molecule has 5 heteroatoms. The number of hydrogen-bond acceptors (Lipinski definition) is 5. The van der Waals surface area contributed by atoms with Gasteiger partial charge in [0.1, 0.15) is 11.2 Å². The van der Waals surface area contributed by atoms with E-state index in [1.165, 1.54) is 15.8 Å². The van der Waals surface area contributed by atoms with Crippen molar-refractivity contribution in [3.63, 3.8) is 0 Å². The monoisotopic (exact) mass is 319 g/mol. The van der Waals surface area contributed by atoms with Crippen LogP contribution in [0.3, 0.4) is 0 Å². The Kier molecular flexibility index (Phi) is 5.53. The molecule has 2 rings (SSSR count). The van der Waals surface area contributed by atoms with Gasteiger partial charge in [-0.2, -0.15) is 0 Å². The van der Waals surface area contributed by atoms with E-state index in [2.05, 4.69) is 42.3 Å². The van der Waals surface area contributed by atoms with Gasteiger partial charge in [0, 0.05) is 48.3 Å². The molecule has 1 unspecified atom stereocenters. The van der Waals surface area contributed by atoms with Gasteiger partial charge < -0.3 is 9.64 Å². The fourth-order valence-electron chi connectivity index (χ4n) is 2.63. The van der Waals surface area contributed by atoms with Crippen molar-refractivity contribution in [2.75, 3.05) is 27.3 Å². The third-order valence-corrected chi connectivity index (χ3v) is 5.42. The van der Waals surface area contributed by atoms with Crippen molar-refractivity contribution in [1.82, 2.24) is 14.9 Å². The molecule has 0 aliphatic carbocycles. The zero-order valence-electron chi connectivity index (χ0n) is 14.1. The van der Waals surface area contributed by atoms with Gasteiger partial charge in [-0.25, -0.2) is 9.97 Å². The van der Waals surface area contributed by atoms with Crippen LogP contribution < -0.4 is 0 Å². The Morgan fingerprint density at radius 1 is 1.41 bits per heavy atom. The molecule has 4 nitrogen and oxygen atoms in total. The maximum absolute atomic E-state index is 5.14. The second kappa shape index (κ2) is 7.20. The van der Waals surface area contributed by atoms with Gasteiger partial charge in [0.05, 0.1) is 6.61 Å². The molecule has 0 aliphatic heterocycles. The zero-order valence-corrected chi connectivity index (χ0v) is 15.0. The van der Waals surface area contributed by atoms with E-state index in [4.69, 9.17) is 4.74 Å². The van der Waals surface area contributed by atoms with Crippen LogP contribution in [0, 0.1) is 19.8 Å². The molecular formula is C17H25N3OS. The van der Waals surface area contributed by atoms with E-state index in [0.717, 1.165) is 35.8 Å². The van der Waals surface area contributed by atoms with E-state index < -0.39 is 0 Å². The summed E-state index contributed by atoms with van der Waals surface area (Å²) in [6, 6.07) is 0. The van der Waals surface area contributed by atoms with Gasteiger partial charge in [-0.05, 0) is 25.8 Å². The van der Waals surface area contributed by atoms with Crippen LogP contribution in [-0.2, 0) is 11.2 Å². The van der Waals surface area contributed by atoms with Crippen molar-refractivity contribution in [3.8, 4) is 0 Å². The number of hydrogen-bond donors (Lipinski definition) is 0. The topological polar surface area (TPSA) is 38.2 Å². The summed E-state index contributed by atoms with van der Waals surface area (Å²) in [5.41, 5.74) is 3.53. The lowest BCUT2D eigenvalue weighted by Crippen LogP contribution is -2.25. The molecule has 0 aromatic carbocycles. The molecule has 2 heterocycles. The molecular weight excluding hydrogens is 294 g/mol. The van der Waals surface area contributed by atoms with Crippen LogP contribution in [-0.4, -0.2) is 42.2 Å². The Labute approximate surface area is 136 Å². The van der Waals surface area contributed by atoms with Crippen LogP contribution in [0.4, 0.5) is 0 Å². The minimum absolute atomic E-state index is 0.391. The van der Waals surface area contributed by atoms with Crippen molar-refractivity contribution >= 4 is 21.6 Å².